The van der Waals surface area contributed by atoms with E-state index in [2.05, 4.69) is 71.6 Å². The van der Waals surface area contributed by atoms with Crippen molar-refractivity contribution >= 4 is 5.69 Å². The van der Waals surface area contributed by atoms with Crippen molar-refractivity contribution in [3.05, 3.63) is 60.4 Å². The highest BCUT2D eigenvalue weighted by Gasteiger charge is 2.04. The molecule has 1 aromatic carbocycles. The molecular formula is C17H23N3. The molecule has 1 aromatic heterocycles. The molecule has 1 unspecified atom stereocenters. The number of hydrogen-bond donors (Lipinski definition) is 1. The molecule has 3 heteroatoms. The normalized spacial score (nSPS) is 12.1. The quantitative estimate of drug-likeness (QED) is 0.782. The van der Waals surface area contributed by atoms with Gasteiger partial charge in [-0.1, -0.05) is 18.2 Å². The average Bonchev–Trinajstić information content (AvgIpc) is 2.53. The highest BCUT2D eigenvalue weighted by atomic mass is 15.1. The maximum Gasteiger partial charge on any atom is 0.0363 e. The summed E-state index contributed by atoms with van der Waals surface area (Å²) in [6.07, 6.45) is 4.81. The van der Waals surface area contributed by atoms with E-state index in [1.165, 1.54) is 11.3 Å². The first-order valence-electron chi connectivity index (χ1n) is 7.17. The summed E-state index contributed by atoms with van der Waals surface area (Å²) in [5.41, 5.74) is 2.56. The SMILES string of the molecule is CC(NCCCN(C)c1ccccc1)c1ccncc1. The van der Waals surface area contributed by atoms with E-state index in [1.807, 2.05) is 12.4 Å². The monoisotopic (exact) mass is 269 g/mol. The van der Waals surface area contributed by atoms with Gasteiger partial charge in [0.1, 0.15) is 0 Å². The zero-order chi connectivity index (χ0) is 14.2. The van der Waals surface area contributed by atoms with Gasteiger partial charge in [-0.15, -0.1) is 0 Å². The third kappa shape index (κ3) is 4.35. The van der Waals surface area contributed by atoms with E-state index in [9.17, 15) is 0 Å². The van der Waals surface area contributed by atoms with Gasteiger partial charge >= 0.3 is 0 Å². The van der Waals surface area contributed by atoms with Gasteiger partial charge in [0, 0.05) is 37.7 Å². The number of anilines is 1. The van der Waals surface area contributed by atoms with E-state index in [-0.39, 0.29) is 0 Å². The Labute approximate surface area is 121 Å². The van der Waals surface area contributed by atoms with Crippen LogP contribution in [0.5, 0.6) is 0 Å². The summed E-state index contributed by atoms with van der Waals surface area (Å²) in [5.74, 6) is 0. The van der Waals surface area contributed by atoms with Crippen LogP contribution in [0.25, 0.3) is 0 Å². The lowest BCUT2D eigenvalue weighted by atomic mass is 10.1. The molecular weight excluding hydrogens is 246 g/mol. The molecule has 0 saturated carbocycles. The van der Waals surface area contributed by atoms with Crippen LogP contribution in [0, 0.1) is 0 Å². The van der Waals surface area contributed by atoms with E-state index in [4.69, 9.17) is 0 Å². The van der Waals surface area contributed by atoms with E-state index >= 15 is 0 Å². The Bertz CT molecular complexity index is 437. The number of nitrogens with zero attached hydrogens (tertiary/aromatic N) is 2. The molecule has 0 saturated heterocycles. The average molecular weight is 269 g/mol. The van der Waals surface area contributed by atoms with Gasteiger partial charge in [0.15, 0.2) is 0 Å². The summed E-state index contributed by atoms with van der Waals surface area (Å²) in [6.45, 7) is 4.26. The van der Waals surface area contributed by atoms with Crippen molar-refractivity contribution in [1.82, 2.24) is 10.3 Å². The minimum Gasteiger partial charge on any atom is -0.375 e. The van der Waals surface area contributed by atoms with Gasteiger partial charge in [-0.25, -0.2) is 0 Å². The van der Waals surface area contributed by atoms with Crippen LogP contribution in [0.2, 0.25) is 0 Å². The predicted molar refractivity (Wildman–Crippen MR) is 85.0 cm³/mol. The zero-order valence-corrected chi connectivity index (χ0v) is 12.3. The fraction of sp³-hybridized carbons (Fsp3) is 0.353. The van der Waals surface area contributed by atoms with Crippen LogP contribution in [0.4, 0.5) is 5.69 Å². The highest BCUT2D eigenvalue weighted by molar-refractivity contribution is 5.44. The summed E-state index contributed by atoms with van der Waals surface area (Å²) < 4.78 is 0. The molecule has 1 atom stereocenters. The van der Waals surface area contributed by atoms with Crippen LogP contribution in [0.15, 0.2) is 54.9 Å². The van der Waals surface area contributed by atoms with Crippen molar-refractivity contribution in [2.45, 2.75) is 19.4 Å². The maximum absolute atomic E-state index is 4.05. The summed E-state index contributed by atoms with van der Waals surface area (Å²) in [5, 5.41) is 3.55. The second-order valence-electron chi connectivity index (χ2n) is 5.07. The van der Waals surface area contributed by atoms with Crippen LogP contribution < -0.4 is 10.2 Å². The Morgan fingerprint density at radius 3 is 2.50 bits per heavy atom. The topological polar surface area (TPSA) is 28.2 Å². The van der Waals surface area contributed by atoms with Crippen LogP contribution in [0.3, 0.4) is 0 Å². The summed E-state index contributed by atoms with van der Waals surface area (Å²) in [7, 11) is 2.14. The zero-order valence-electron chi connectivity index (χ0n) is 12.3. The van der Waals surface area contributed by atoms with Crippen molar-refractivity contribution in [2.75, 3.05) is 25.0 Å². The molecule has 0 radical (unpaired) electrons. The first-order chi connectivity index (χ1) is 9.77. The standard InChI is InChI=1S/C17H23N3/c1-15(16-9-12-18-13-10-16)19-11-6-14-20(2)17-7-4-3-5-8-17/h3-5,7-10,12-13,15,19H,6,11,14H2,1-2H3. The lowest BCUT2D eigenvalue weighted by molar-refractivity contribution is 0.558. The van der Waals surface area contributed by atoms with Gasteiger partial charge in [-0.3, -0.25) is 4.98 Å². The third-order valence-electron chi connectivity index (χ3n) is 3.52. The number of aromatic nitrogens is 1. The number of pyridine rings is 1. The first kappa shape index (κ1) is 14.5. The Morgan fingerprint density at radius 1 is 1.10 bits per heavy atom. The second-order valence-corrected chi connectivity index (χ2v) is 5.07. The number of nitrogens with one attached hydrogen (secondary N) is 1. The highest BCUT2D eigenvalue weighted by Crippen LogP contribution is 2.12. The van der Waals surface area contributed by atoms with Gasteiger partial charge in [-0.05, 0) is 49.7 Å². The molecule has 20 heavy (non-hydrogen) atoms. The molecule has 0 amide bonds. The maximum atomic E-state index is 4.05. The fourth-order valence-corrected chi connectivity index (χ4v) is 2.22. The number of benzene rings is 1. The Morgan fingerprint density at radius 2 is 1.80 bits per heavy atom. The van der Waals surface area contributed by atoms with Crippen molar-refractivity contribution in [1.29, 1.82) is 0 Å². The van der Waals surface area contributed by atoms with Crippen molar-refractivity contribution in [3.8, 4) is 0 Å². The second kappa shape index (κ2) is 7.65. The Kier molecular flexibility index (Phi) is 5.56. The molecule has 1 heterocycles. The molecule has 3 nitrogen and oxygen atoms in total. The van der Waals surface area contributed by atoms with E-state index in [1.54, 1.807) is 0 Å². The van der Waals surface area contributed by atoms with Gasteiger partial charge in [0.2, 0.25) is 0 Å². The molecule has 0 spiro atoms. The minimum absolute atomic E-state index is 0.375. The summed E-state index contributed by atoms with van der Waals surface area (Å²) in [6, 6.07) is 15.0. The molecule has 2 aromatic rings. The Balaban J connectivity index is 1.69. The molecule has 0 aliphatic rings. The number of hydrogen-bond acceptors (Lipinski definition) is 3. The van der Waals surface area contributed by atoms with Crippen LogP contribution in [0.1, 0.15) is 24.9 Å². The van der Waals surface area contributed by atoms with Crippen LogP contribution >= 0.6 is 0 Å². The minimum atomic E-state index is 0.375. The molecule has 0 aliphatic carbocycles. The predicted octanol–water partition coefficient (Wildman–Crippen LogP) is 3.26. The molecule has 0 aliphatic heterocycles. The summed E-state index contributed by atoms with van der Waals surface area (Å²) >= 11 is 0. The van der Waals surface area contributed by atoms with Crippen LogP contribution in [-0.2, 0) is 0 Å². The van der Waals surface area contributed by atoms with E-state index in [0.29, 0.717) is 6.04 Å². The van der Waals surface area contributed by atoms with E-state index in [0.717, 1.165) is 19.5 Å². The summed E-state index contributed by atoms with van der Waals surface area (Å²) in [4.78, 5) is 6.34. The smallest absolute Gasteiger partial charge is 0.0363 e. The van der Waals surface area contributed by atoms with Gasteiger partial charge in [0.25, 0.3) is 0 Å². The number of rotatable bonds is 7. The lowest BCUT2D eigenvalue weighted by Gasteiger charge is -2.20. The molecule has 1 N–H and O–H groups in total. The van der Waals surface area contributed by atoms with Gasteiger partial charge in [-0.2, -0.15) is 0 Å². The van der Waals surface area contributed by atoms with Gasteiger partial charge in [0.05, 0.1) is 0 Å². The van der Waals surface area contributed by atoms with Crippen molar-refractivity contribution < 1.29 is 0 Å². The third-order valence-corrected chi connectivity index (χ3v) is 3.52. The van der Waals surface area contributed by atoms with Crippen molar-refractivity contribution in [2.24, 2.45) is 0 Å². The number of para-hydroxylation sites is 1. The lowest BCUT2D eigenvalue weighted by Crippen LogP contribution is -2.25. The van der Waals surface area contributed by atoms with Gasteiger partial charge < -0.3 is 10.2 Å². The first-order valence-corrected chi connectivity index (χ1v) is 7.17. The van der Waals surface area contributed by atoms with Crippen molar-refractivity contribution in [3.63, 3.8) is 0 Å². The Hall–Kier alpha value is -1.87. The molecule has 0 fully saturated rings. The molecule has 106 valence electrons. The molecule has 2 rings (SSSR count). The fourth-order valence-electron chi connectivity index (χ4n) is 2.22. The largest absolute Gasteiger partial charge is 0.375 e. The van der Waals surface area contributed by atoms with E-state index < -0.39 is 0 Å². The van der Waals surface area contributed by atoms with Crippen LogP contribution in [-0.4, -0.2) is 25.1 Å². The molecule has 0 bridgehead atoms.